The second-order valence-electron chi connectivity index (χ2n) is 4.71. The molecule has 0 spiro atoms. The smallest absolute Gasteiger partial charge is 0.257 e. The highest BCUT2D eigenvalue weighted by Gasteiger charge is 2.26. The third-order valence-electron chi connectivity index (χ3n) is 3.64. The molecular formula is C14H19NO3. The van der Waals surface area contributed by atoms with Gasteiger partial charge in [0.15, 0.2) is 11.5 Å². The third-order valence-corrected chi connectivity index (χ3v) is 3.64. The molecule has 1 aromatic carbocycles. The molecule has 2 rings (SSSR count). The van der Waals surface area contributed by atoms with Gasteiger partial charge in [-0.05, 0) is 25.0 Å². The average molecular weight is 249 g/mol. The summed E-state index contributed by atoms with van der Waals surface area (Å²) in [7, 11) is 3.28. The van der Waals surface area contributed by atoms with Crippen LogP contribution in [-0.2, 0) is 0 Å². The van der Waals surface area contributed by atoms with Gasteiger partial charge in [0.05, 0.1) is 12.7 Å². The van der Waals surface area contributed by atoms with Crippen molar-refractivity contribution in [1.82, 2.24) is 4.90 Å². The molecule has 18 heavy (non-hydrogen) atoms. The maximum Gasteiger partial charge on any atom is 0.257 e. The summed E-state index contributed by atoms with van der Waals surface area (Å²) in [5.41, 5.74) is 0.309. The number of para-hydroxylation sites is 1. The van der Waals surface area contributed by atoms with E-state index in [9.17, 15) is 9.90 Å². The van der Waals surface area contributed by atoms with Crippen LogP contribution >= 0.6 is 0 Å². The van der Waals surface area contributed by atoms with Crippen molar-refractivity contribution in [2.45, 2.75) is 31.7 Å². The van der Waals surface area contributed by atoms with Crippen molar-refractivity contribution in [3.05, 3.63) is 23.8 Å². The Morgan fingerprint density at radius 2 is 2.06 bits per heavy atom. The minimum atomic E-state index is -0.140. The lowest BCUT2D eigenvalue weighted by molar-refractivity contribution is 0.0731. The van der Waals surface area contributed by atoms with Gasteiger partial charge in [0, 0.05) is 13.1 Å². The Kier molecular flexibility index (Phi) is 3.75. The molecule has 98 valence electrons. The summed E-state index contributed by atoms with van der Waals surface area (Å²) in [5.74, 6) is 0.119. The van der Waals surface area contributed by atoms with Gasteiger partial charge in [-0.25, -0.2) is 0 Å². The first-order valence-electron chi connectivity index (χ1n) is 6.28. The van der Waals surface area contributed by atoms with Gasteiger partial charge in [0.2, 0.25) is 0 Å². The van der Waals surface area contributed by atoms with Gasteiger partial charge in [-0.2, -0.15) is 0 Å². The van der Waals surface area contributed by atoms with E-state index in [-0.39, 0.29) is 11.7 Å². The van der Waals surface area contributed by atoms with E-state index < -0.39 is 0 Å². The van der Waals surface area contributed by atoms with Crippen LogP contribution in [0.3, 0.4) is 0 Å². The molecular weight excluding hydrogens is 230 g/mol. The molecule has 0 radical (unpaired) electrons. The molecule has 0 aromatic heterocycles. The number of methoxy groups -OCH3 is 1. The molecule has 1 aliphatic rings. The molecule has 1 fully saturated rings. The minimum Gasteiger partial charge on any atom is -0.504 e. The van der Waals surface area contributed by atoms with E-state index >= 15 is 0 Å². The minimum absolute atomic E-state index is 0.0742. The fraction of sp³-hybridized carbons (Fsp3) is 0.500. The molecule has 1 aromatic rings. The first kappa shape index (κ1) is 12.7. The maximum absolute atomic E-state index is 12.3. The van der Waals surface area contributed by atoms with Crippen LogP contribution in [0, 0.1) is 0 Å². The molecule has 0 aliphatic heterocycles. The number of benzene rings is 1. The van der Waals surface area contributed by atoms with Gasteiger partial charge in [0.25, 0.3) is 5.91 Å². The molecule has 4 nitrogen and oxygen atoms in total. The lowest BCUT2D eigenvalue weighted by Crippen LogP contribution is -2.35. The second kappa shape index (κ2) is 5.29. The fourth-order valence-electron chi connectivity index (χ4n) is 2.51. The van der Waals surface area contributed by atoms with E-state index in [1.165, 1.54) is 20.0 Å². The van der Waals surface area contributed by atoms with Gasteiger partial charge < -0.3 is 14.7 Å². The highest BCUT2D eigenvalue weighted by Crippen LogP contribution is 2.31. The topological polar surface area (TPSA) is 49.8 Å². The Balaban J connectivity index is 2.22. The zero-order valence-corrected chi connectivity index (χ0v) is 10.8. The number of phenolic OH excluding ortho intramolecular Hbond substituents is 1. The van der Waals surface area contributed by atoms with Crippen LogP contribution in [0.1, 0.15) is 36.0 Å². The summed E-state index contributed by atoms with van der Waals surface area (Å²) in [4.78, 5) is 14.1. The van der Waals surface area contributed by atoms with Crippen LogP contribution in [0.4, 0.5) is 0 Å². The molecule has 0 saturated heterocycles. The van der Waals surface area contributed by atoms with E-state index in [1.807, 2.05) is 0 Å². The maximum atomic E-state index is 12.3. The number of carbonyl (C=O) groups excluding carboxylic acids is 1. The number of amides is 1. The second-order valence-corrected chi connectivity index (χ2v) is 4.71. The number of phenols is 1. The number of carbonyl (C=O) groups is 1. The van der Waals surface area contributed by atoms with Gasteiger partial charge >= 0.3 is 0 Å². The molecule has 1 saturated carbocycles. The van der Waals surface area contributed by atoms with E-state index in [1.54, 1.807) is 30.1 Å². The number of nitrogens with zero attached hydrogens (tertiary/aromatic N) is 1. The summed E-state index contributed by atoms with van der Waals surface area (Å²) >= 11 is 0. The van der Waals surface area contributed by atoms with Gasteiger partial charge in [-0.3, -0.25) is 4.79 Å². The molecule has 1 aliphatic carbocycles. The van der Waals surface area contributed by atoms with E-state index in [2.05, 4.69) is 0 Å². The third kappa shape index (κ3) is 2.28. The zero-order chi connectivity index (χ0) is 13.1. The monoisotopic (exact) mass is 249 g/mol. The number of aromatic hydroxyl groups is 1. The zero-order valence-electron chi connectivity index (χ0n) is 10.8. The standard InChI is InChI=1S/C14H19NO3/c1-15(10-6-3-4-7-10)14(17)11-8-5-9-12(18-2)13(11)16/h5,8-10,16H,3-4,6-7H2,1-2H3. The van der Waals surface area contributed by atoms with Crippen molar-refractivity contribution >= 4 is 5.91 Å². The van der Waals surface area contributed by atoms with Crippen molar-refractivity contribution in [3.8, 4) is 11.5 Å². The summed E-state index contributed by atoms with van der Waals surface area (Å²) < 4.78 is 5.02. The van der Waals surface area contributed by atoms with Gasteiger partial charge in [-0.1, -0.05) is 18.9 Å². The Morgan fingerprint density at radius 3 is 2.67 bits per heavy atom. The van der Waals surface area contributed by atoms with Crippen molar-refractivity contribution in [3.63, 3.8) is 0 Å². The molecule has 0 unspecified atom stereocenters. The van der Waals surface area contributed by atoms with Crippen molar-refractivity contribution in [2.24, 2.45) is 0 Å². The van der Waals surface area contributed by atoms with Crippen LogP contribution in [0.2, 0.25) is 0 Å². The normalized spacial score (nSPS) is 15.7. The first-order valence-corrected chi connectivity index (χ1v) is 6.28. The first-order chi connectivity index (χ1) is 8.65. The van der Waals surface area contributed by atoms with Crippen LogP contribution in [0.5, 0.6) is 11.5 Å². The predicted molar refractivity (Wildman–Crippen MR) is 69.0 cm³/mol. The highest BCUT2D eigenvalue weighted by atomic mass is 16.5. The van der Waals surface area contributed by atoms with Crippen molar-refractivity contribution < 1.29 is 14.6 Å². The van der Waals surface area contributed by atoms with Crippen LogP contribution in [0.15, 0.2) is 18.2 Å². The number of ether oxygens (including phenoxy) is 1. The molecule has 0 atom stereocenters. The largest absolute Gasteiger partial charge is 0.504 e. The molecule has 1 N–H and O–H groups in total. The van der Waals surface area contributed by atoms with Crippen LogP contribution in [-0.4, -0.2) is 36.1 Å². The fourth-order valence-corrected chi connectivity index (χ4v) is 2.51. The Hall–Kier alpha value is -1.71. The lowest BCUT2D eigenvalue weighted by atomic mass is 10.1. The summed E-state index contributed by atoms with van der Waals surface area (Å²) in [6.07, 6.45) is 4.44. The van der Waals surface area contributed by atoms with E-state index in [4.69, 9.17) is 4.74 Å². The summed E-state index contributed by atoms with van der Waals surface area (Å²) in [6, 6.07) is 5.28. The molecule has 4 heteroatoms. The van der Waals surface area contributed by atoms with Gasteiger partial charge in [0.1, 0.15) is 0 Å². The Labute approximate surface area is 107 Å². The van der Waals surface area contributed by atoms with Gasteiger partial charge in [-0.15, -0.1) is 0 Å². The number of hydrogen-bond acceptors (Lipinski definition) is 3. The van der Waals surface area contributed by atoms with E-state index in [0.717, 1.165) is 12.8 Å². The molecule has 0 heterocycles. The quantitative estimate of drug-likeness (QED) is 0.895. The SMILES string of the molecule is COc1cccc(C(=O)N(C)C2CCCC2)c1O. The number of rotatable bonds is 3. The van der Waals surface area contributed by atoms with Crippen molar-refractivity contribution in [2.75, 3.05) is 14.2 Å². The molecule has 1 amide bonds. The lowest BCUT2D eigenvalue weighted by Gasteiger charge is -2.24. The summed E-state index contributed by atoms with van der Waals surface area (Å²) in [6.45, 7) is 0. The van der Waals surface area contributed by atoms with Crippen molar-refractivity contribution in [1.29, 1.82) is 0 Å². The molecule has 0 bridgehead atoms. The number of hydrogen-bond donors (Lipinski definition) is 1. The van der Waals surface area contributed by atoms with Crippen LogP contribution < -0.4 is 4.74 Å². The highest BCUT2D eigenvalue weighted by molar-refractivity contribution is 5.97. The summed E-state index contributed by atoms with van der Waals surface area (Å²) in [5, 5.41) is 9.98. The predicted octanol–water partition coefficient (Wildman–Crippen LogP) is 2.42. The average Bonchev–Trinajstić information content (AvgIpc) is 2.91. The Morgan fingerprint density at radius 1 is 1.39 bits per heavy atom. The van der Waals surface area contributed by atoms with E-state index in [0.29, 0.717) is 17.4 Å². The van der Waals surface area contributed by atoms with Crippen LogP contribution in [0.25, 0.3) is 0 Å². The Bertz CT molecular complexity index is 439.